The molecule has 0 bridgehead atoms. The van der Waals surface area contributed by atoms with Crippen molar-refractivity contribution in [2.24, 2.45) is 5.92 Å². The minimum absolute atomic E-state index is 0.791. The molecule has 1 aliphatic rings. The lowest BCUT2D eigenvalue weighted by Gasteiger charge is -2.30. The molecule has 138 valence electrons. The van der Waals surface area contributed by atoms with E-state index in [1.165, 1.54) is 44.5 Å². The standard InChI is InChI=1S/C24H31NO/c1-21-10-9-18-25(20-21)17-7-8-19-26-24-14-6-5-13-23(24)16-15-22-11-3-2-4-12-22/h2-6,11-16,21H,7-10,17-20H2,1H3/b16-15+. The number of hydrogen-bond donors (Lipinski definition) is 0. The number of ether oxygens (including phenoxy) is 1. The summed E-state index contributed by atoms with van der Waals surface area (Å²) in [5.41, 5.74) is 2.35. The van der Waals surface area contributed by atoms with Crippen LogP contribution in [0.15, 0.2) is 54.6 Å². The van der Waals surface area contributed by atoms with Crippen LogP contribution in [-0.4, -0.2) is 31.1 Å². The first-order valence-corrected chi connectivity index (χ1v) is 9.98. The quantitative estimate of drug-likeness (QED) is 0.444. The Bertz CT molecular complexity index is 680. The maximum absolute atomic E-state index is 6.07. The Hall–Kier alpha value is -2.06. The van der Waals surface area contributed by atoms with Gasteiger partial charge in [0.05, 0.1) is 6.61 Å². The van der Waals surface area contributed by atoms with Gasteiger partial charge in [0, 0.05) is 12.1 Å². The van der Waals surface area contributed by atoms with Crippen LogP contribution in [-0.2, 0) is 0 Å². The molecular weight excluding hydrogens is 318 g/mol. The minimum atomic E-state index is 0.791. The van der Waals surface area contributed by atoms with Crippen molar-refractivity contribution >= 4 is 12.2 Å². The van der Waals surface area contributed by atoms with Gasteiger partial charge in [-0.15, -0.1) is 0 Å². The summed E-state index contributed by atoms with van der Waals surface area (Å²) in [7, 11) is 0. The summed E-state index contributed by atoms with van der Waals surface area (Å²) < 4.78 is 6.07. The highest BCUT2D eigenvalue weighted by atomic mass is 16.5. The Balaban J connectivity index is 1.44. The summed E-state index contributed by atoms with van der Waals surface area (Å²) >= 11 is 0. The molecule has 0 spiro atoms. The largest absolute Gasteiger partial charge is 0.493 e. The lowest BCUT2D eigenvalue weighted by molar-refractivity contribution is 0.177. The molecule has 1 saturated heterocycles. The summed E-state index contributed by atoms with van der Waals surface area (Å²) in [4.78, 5) is 2.62. The van der Waals surface area contributed by atoms with E-state index in [0.717, 1.165) is 30.3 Å². The summed E-state index contributed by atoms with van der Waals surface area (Å²) in [6.45, 7) is 6.92. The third kappa shape index (κ3) is 6.03. The number of piperidine rings is 1. The highest BCUT2D eigenvalue weighted by Gasteiger charge is 2.15. The van der Waals surface area contributed by atoms with Gasteiger partial charge >= 0.3 is 0 Å². The first-order valence-electron chi connectivity index (χ1n) is 9.98. The van der Waals surface area contributed by atoms with Gasteiger partial charge in [-0.25, -0.2) is 0 Å². The molecule has 2 aromatic rings. The lowest BCUT2D eigenvalue weighted by Crippen LogP contribution is -2.35. The van der Waals surface area contributed by atoms with Crippen LogP contribution in [0.3, 0.4) is 0 Å². The van der Waals surface area contributed by atoms with E-state index >= 15 is 0 Å². The topological polar surface area (TPSA) is 12.5 Å². The number of likely N-dealkylation sites (tertiary alicyclic amines) is 1. The molecule has 1 heterocycles. The van der Waals surface area contributed by atoms with Gasteiger partial charge in [-0.05, 0) is 56.3 Å². The van der Waals surface area contributed by atoms with E-state index in [1.54, 1.807) is 0 Å². The van der Waals surface area contributed by atoms with E-state index in [0.29, 0.717) is 0 Å². The fourth-order valence-electron chi connectivity index (χ4n) is 3.61. The SMILES string of the molecule is CC1CCCN(CCCCOc2ccccc2/C=C/c2ccccc2)C1. The van der Waals surface area contributed by atoms with Crippen molar-refractivity contribution in [3.63, 3.8) is 0 Å². The van der Waals surface area contributed by atoms with Crippen molar-refractivity contribution in [1.29, 1.82) is 0 Å². The number of para-hydroxylation sites is 1. The first kappa shape index (κ1) is 18.7. The molecule has 0 saturated carbocycles. The Kier molecular flexibility index (Phi) is 7.33. The van der Waals surface area contributed by atoms with Crippen LogP contribution in [0.2, 0.25) is 0 Å². The highest BCUT2D eigenvalue weighted by molar-refractivity contribution is 5.72. The molecule has 3 rings (SSSR count). The third-order valence-electron chi connectivity index (χ3n) is 5.04. The molecule has 1 atom stereocenters. The van der Waals surface area contributed by atoms with E-state index in [1.807, 2.05) is 12.1 Å². The highest BCUT2D eigenvalue weighted by Crippen LogP contribution is 2.21. The Morgan fingerprint density at radius 3 is 2.65 bits per heavy atom. The third-order valence-corrected chi connectivity index (χ3v) is 5.04. The molecule has 0 aliphatic carbocycles. The molecule has 2 heteroatoms. The van der Waals surface area contributed by atoms with Crippen molar-refractivity contribution < 1.29 is 4.74 Å². The van der Waals surface area contributed by atoms with Crippen molar-refractivity contribution in [2.75, 3.05) is 26.2 Å². The smallest absolute Gasteiger partial charge is 0.126 e. The summed E-state index contributed by atoms with van der Waals surface area (Å²) in [6, 6.07) is 18.7. The number of hydrogen-bond acceptors (Lipinski definition) is 2. The zero-order valence-corrected chi connectivity index (χ0v) is 15.9. The normalized spacial score (nSPS) is 18.3. The molecular formula is C24H31NO. The molecule has 0 radical (unpaired) electrons. The predicted molar refractivity (Wildman–Crippen MR) is 111 cm³/mol. The molecule has 0 amide bonds. The van der Waals surface area contributed by atoms with Crippen LogP contribution in [0.4, 0.5) is 0 Å². The van der Waals surface area contributed by atoms with Crippen molar-refractivity contribution in [3.05, 3.63) is 65.7 Å². The fourth-order valence-corrected chi connectivity index (χ4v) is 3.61. The zero-order valence-electron chi connectivity index (χ0n) is 15.9. The maximum Gasteiger partial charge on any atom is 0.126 e. The molecule has 1 unspecified atom stereocenters. The van der Waals surface area contributed by atoms with E-state index in [2.05, 4.69) is 66.4 Å². The molecule has 1 aliphatic heterocycles. The molecule has 2 aromatic carbocycles. The summed E-state index contributed by atoms with van der Waals surface area (Å²) in [5.74, 6) is 1.84. The van der Waals surface area contributed by atoms with Crippen LogP contribution in [0.5, 0.6) is 5.75 Å². The number of benzene rings is 2. The van der Waals surface area contributed by atoms with Gasteiger partial charge in [0.2, 0.25) is 0 Å². The van der Waals surface area contributed by atoms with Crippen LogP contribution >= 0.6 is 0 Å². The maximum atomic E-state index is 6.07. The van der Waals surface area contributed by atoms with Gasteiger partial charge < -0.3 is 9.64 Å². The van der Waals surface area contributed by atoms with Gasteiger partial charge in [0.1, 0.15) is 5.75 Å². The number of nitrogens with zero attached hydrogens (tertiary/aromatic N) is 1. The van der Waals surface area contributed by atoms with Gasteiger partial charge in [-0.3, -0.25) is 0 Å². The van der Waals surface area contributed by atoms with E-state index < -0.39 is 0 Å². The van der Waals surface area contributed by atoms with Crippen LogP contribution in [0.1, 0.15) is 43.7 Å². The molecule has 2 nitrogen and oxygen atoms in total. The average molecular weight is 350 g/mol. The predicted octanol–water partition coefficient (Wildman–Crippen LogP) is 5.75. The second-order valence-electron chi connectivity index (χ2n) is 7.39. The van der Waals surface area contributed by atoms with Crippen LogP contribution in [0.25, 0.3) is 12.2 Å². The second kappa shape index (κ2) is 10.2. The average Bonchev–Trinajstić information content (AvgIpc) is 2.68. The van der Waals surface area contributed by atoms with Crippen molar-refractivity contribution in [3.8, 4) is 5.75 Å². The zero-order chi connectivity index (χ0) is 18.0. The summed E-state index contributed by atoms with van der Waals surface area (Å²) in [5, 5.41) is 0. The van der Waals surface area contributed by atoms with Gasteiger partial charge in [-0.2, -0.15) is 0 Å². The molecule has 0 N–H and O–H groups in total. The number of rotatable bonds is 8. The summed E-state index contributed by atoms with van der Waals surface area (Å²) in [6.07, 6.45) is 9.36. The van der Waals surface area contributed by atoms with Crippen LogP contribution < -0.4 is 4.74 Å². The van der Waals surface area contributed by atoms with Crippen molar-refractivity contribution in [1.82, 2.24) is 4.90 Å². The lowest BCUT2D eigenvalue weighted by atomic mass is 10.0. The minimum Gasteiger partial charge on any atom is -0.493 e. The monoisotopic (exact) mass is 349 g/mol. The molecule has 1 fully saturated rings. The van der Waals surface area contributed by atoms with Gasteiger partial charge in [0.15, 0.2) is 0 Å². The second-order valence-corrected chi connectivity index (χ2v) is 7.39. The van der Waals surface area contributed by atoms with E-state index in [9.17, 15) is 0 Å². The Morgan fingerprint density at radius 2 is 1.81 bits per heavy atom. The van der Waals surface area contributed by atoms with E-state index in [-0.39, 0.29) is 0 Å². The Morgan fingerprint density at radius 1 is 1.00 bits per heavy atom. The first-order chi connectivity index (χ1) is 12.8. The molecule has 26 heavy (non-hydrogen) atoms. The van der Waals surface area contributed by atoms with E-state index in [4.69, 9.17) is 4.74 Å². The fraction of sp³-hybridized carbons (Fsp3) is 0.417. The van der Waals surface area contributed by atoms with Crippen molar-refractivity contribution in [2.45, 2.75) is 32.6 Å². The Labute approximate surface area is 158 Å². The number of unbranched alkanes of at least 4 members (excludes halogenated alkanes) is 1. The molecule has 0 aromatic heterocycles. The van der Waals surface area contributed by atoms with Gasteiger partial charge in [0.25, 0.3) is 0 Å². The van der Waals surface area contributed by atoms with Gasteiger partial charge in [-0.1, -0.05) is 67.6 Å². The van der Waals surface area contributed by atoms with Crippen LogP contribution in [0, 0.1) is 5.92 Å².